The van der Waals surface area contributed by atoms with E-state index in [4.69, 9.17) is 5.73 Å². The Labute approximate surface area is 95.2 Å². The average molecular weight is 225 g/mol. The van der Waals surface area contributed by atoms with Crippen molar-refractivity contribution < 1.29 is 4.79 Å². The molecule has 0 radical (unpaired) electrons. The van der Waals surface area contributed by atoms with E-state index >= 15 is 0 Å². The molecule has 1 aromatic heterocycles. The molecule has 1 amide bonds. The number of aromatic amines is 1. The van der Waals surface area contributed by atoms with Gasteiger partial charge in [-0.2, -0.15) is 5.10 Å². The fourth-order valence-corrected chi connectivity index (χ4v) is 1.44. The molecule has 0 unspecified atom stereocenters. The molecule has 0 fully saturated rings. The molecule has 6 heteroatoms. The molecule has 1 rings (SSSR count). The molecule has 16 heavy (non-hydrogen) atoms. The molecule has 0 aliphatic rings. The summed E-state index contributed by atoms with van der Waals surface area (Å²) in [4.78, 5) is 13.9. The Morgan fingerprint density at radius 1 is 1.56 bits per heavy atom. The van der Waals surface area contributed by atoms with Gasteiger partial charge in [-0.05, 0) is 13.1 Å². The maximum absolute atomic E-state index is 11.6. The standard InChI is InChI=1S/C10H19N5O/c1-3-15(4-2)6-5-12-10(16)8-7-13-14-9(8)11/h7H,3-6H2,1-2H3,(H,12,16)(H3,11,13,14). The second kappa shape index (κ2) is 6.12. The first-order valence-electron chi connectivity index (χ1n) is 5.48. The van der Waals surface area contributed by atoms with E-state index in [9.17, 15) is 4.79 Å². The van der Waals surface area contributed by atoms with Gasteiger partial charge in [-0.25, -0.2) is 0 Å². The van der Waals surface area contributed by atoms with Crippen molar-refractivity contribution in [2.45, 2.75) is 13.8 Å². The number of nitrogens with two attached hydrogens (primary N) is 1. The number of nitrogens with zero attached hydrogens (tertiary/aromatic N) is 2. The minimum absolute atomic E-state index is 0.182. The van der Waals surface area contributed by atoms with E-state index in [2.05, 4.69) is 34.3 Å². The average Bonchev–Trinajstić information content (AvgIpc) is 2.70. The molecule has 1 heterocycles. The Bertz CT molecular complexity index is 332. The summed E-state index contributed by atoms with van der Waals surface area (Å²) < 4.78 is 0. The third kappa shape index (κ3) is 3.23. The van der Waals surface area contributed by atoms with Gasteiger partial charge < -0.3 is 16.0 Å². The highest BCUT2D eigenvalue weighted by Crippen LogP contribution is 2.04. The van der Waals surface area contributed by atoms with Crippen molar-refractivity contribution >= 4 is 11.7 Å². The minimum atomic E-state index is -0.182. The van der Waals surface area contributed by atoms with Crippen LogP contribution < -0.4 is 11.1 Å². The number of aromatic nitrogens is 2. The summed E-state index contributed by atoms with van der Waals surface area (Å²) in [6.07, 6.45) is 1.43. The lowest BCUT2D eigenvalue weighted by atomic mass is 10.3. The normalized spacial score (nSPS) is 10.7. The lowest BCUT2D eigenvalue weighted by Crippen LogP contribution is -2.34. The quantitative estimate of drug-likeness (QED) is 0.639. The highest BCUT2D eigenvalue weighted by molar-refractivity contribution is 5.98. The largest absolute Gasteiger partial charge is 0.383 e. The Morgan fingerprint density at radius 2 is 2.25 bits per heavy atom. The summed E-state index contributed by atoms with van der Waals surface area (Å²) in [5, 5.41) is 9.03. The molecule has 0 aliphatic heterocycles. The van der Waals surface area contributed by atoms with E-state index < -0.39 is 0 Å². The maximum atomic E-state index is 11.6. The van der Waals surface area contributed by atoms with Crippen LogP contribution in [0.3, 0.4) is 0 Å². The van der Waals surface area contributed by atoms with Crippen LogP contribution in [0.2, 0.25) is 0 Å². The smallest absolute Gasteiger partial charge is 0.256 e. The van der Waals surface area contributed by atoms with E-state index in [0.717, 1.165) is 19.6 Å². The number of nitrogen functional groups attached to an aromatic ring is 1. The first-order valence-corrected chi connectivity index (χ1v) is 5.48. The van der Waals surface area contributed by atoms with Crippen molar-refractivity contribution in [3.8, 4) is 0 Å². The highest BCUT2D eigenvalue weighted by atomic mass is 16.1. The Kier molecular flexibility index (Phi) is 4.78. The summed E-state index contributed by atoms with van der Waals surface area (Å²) in [6.45, 7) is 7.63. The summed E-state index contributed by atoms with van der Waals surface area (Å²) in [5.74, 6) is 0.124. The molecule has 90 valence electrons. The van der Waals surface area contributed by atoms with Gasteiger partial charge >= 0.3 is 0 Å². The fraction of sp³-hybridized carbons (Fsp3) is 0.600. The number of H-pyrrole nitrogens is 1. The molecule has 0 atom stereocenters. The molecule has 4 N–H and O–H groups in total. The second-order valence-electron chi connectivity index (χ2n) is 3.48. The predicted molar refractivity (Wildman–Crippen MR) is 63.1 cm³/mol. The summed E-state index contributed by atoms with van der Waals surface area (Å²) in [6, 6.07) is 0. The van der Waals surface area contributed by atoms with Gasteiger partial charge in [0.2, 0.25) is 0 Å². The van der Waals surface area contributed by atoms with Crippen LogP contribution in [0, 0.1) is 0 Å². The molecule has 0 saturated carbocycles. The number of hydrogen-bond donors (Lipinski definition) is 3. The molecule has 1 aromatic rings. The van der Waals surface area contributed by atoms with Crippen LogP contribution in [-0.4, -0.2) is 47.2 Å². The Hall–Kier alpha value is -1.56. The van der Waals surface area contributed by atoms with E-state index in [0.29, 0.717) is 17.9 Å². The lowest BCUT2D eigenvalue weighted by molar-refractivity contribution is 0.0950. The molecule has 6 nitrogen and oxygen atoms in total. The van der Waals surface area contributed by atoms with Crippen molar-refractivity contribution in [3.05, 3.63) is 11.8 Å². The number of carbonyl (C=O) groups excluding carboxylic acids is 1. The third-order valence-corrected chi connectivity index (χ3v) is 2.52. The number of hydrogen-bond acceptors (Lipinski definition) is 4. The fourth-order valence-electron chi connectivity index (χ4n) is 1.44. The monoisotopic (exact) mass is 225 g/mol. The van der Waals surface area contributed by atoms with Gasteiger partial charge in [0.05, 0.1) is 6.20 Å². The van der Waals surface area contributed by atoms with Gasteiger partial charge in [0.25, 0.3) is 5.91 Å². The number of nitrogens with one attached hydrogen (secondary N) is 2. The second-order valence-corrected chi connectivity index (χ2v) is 3.48. The number of carbonyl (C=O) groups is 1. The molecular weight excluding hydrogens is 206 g/mol. The van der Waals surface area contributed by atoms with E-state index in [1.807, 2.05) is 0 Å². The predicted octanol–water partition coefficient (Wildman–Crippen LogP) is 0.0635. The van der Waals surface area contributed by atoms with E-state index in [1.165, 1.54) is 6.20 Å². The number of rotatable bonds is 6. The van der Waals surface area contributed by atoms with E-state index in [-0.39, 0.29) is 5.91 Å². The van der Waals surface area contributed by atoms with Gasteiger partial charge in [-0.1, -0.05) is 13.8 Å². The molecule has 0 aromatic carbocycles. The van der Waals surface area contributed by atoms with Gasteiger partial charge in [0.1, 0.15) is 11.4 Å². The topological polar surface area (TPSA) is 87.0 Å². The first-order chi connectivity index (χ1) is 7.69. The SMILES string of the molecule is CCN(CC)CCNC(=O)c1cn[nH]c1N. The van der Waals surface area contributed by atoms with Crippen molar-refractivity contribution in [1.29, 1.82) is 0 Å². The minimum Gasteiger partial charge on any atom is -0.383 e. The van der Waals surface area contributed by atoms with E-state index in [1.54, 1.807) is 0 Å². The number of anilines is 1. The third-order valence-electron chi connectivity index (χ3n) is 2.52. The van der Waals surface area contributed by atoms with Crippen LogP contribution in [0.15, 0.2) is 6.20 Å². The lowest BCUT2D eigenvalue weighted by Gasteiger charge is -2.17. The molecular formula is C10H19N5O. The molecule has 0 spiro atoms. The zero-order valence-electron chi connectivity index (χ0n) is 9.79. The zero-order valence-corrected chi connectivity index (χ0v) is 9.79. The van der Waals surface area contributed by atoms with Gasteiger partial charge in [-0.3, -0.25) is 9.89 Å². The number of amides is 1. The van der Waals surface area contributed by atoms with Crippen LogP contribution in [0.25, 0.3) is 0 Å². The van der Waals surface area contributed by atoms with Crippen LogP contribution in [0.1, 0.15) is 24.2 Å². The van der Waals surface area contributed by atoms with Crippen molar-refractivity contribution in [2.24, 2.45) is 0 Å². The molecule has 0 bridgehead atoms. The van der Waals surface area contributed by atoms with Gasteiger partial charge in [0, 0.05) is 13.1 Å². The maximum Gasteiger partial charge on any atom is 0.256 e. The molecule has 0 saturated heterocycles. The van der Waals surface area contributed by atoms with Gasteiger partial charge in [0.15, 0.2) is 0 Å². The Morgan fingerprint density at radius 3 is 2.75 bits per heavy atom. The van der Waals surface area contributed by atoms with Crippen LogP contribution in [0.5, 0.6) is 0 Å². The Balaban J connectivity index is 2.34. The highest BCUT2D eigenvalue weighted by Gasteiger charge is 2.10. The first kappa shape index (κ1) is 12.5. The van der Waals surface area contributed by atoms with Crippen molar-refractivity contribution in [3.63, 3.8) is 0 Å². The molecule has 0 aliphatic carbocycles. The summed E-state index contributed by atoms with van der Waals surface area (Å²) in [5.41, 5.74) is 5.94. The summed E-state index contributed by atoms with van der Waals surface area (Å²) >= 11 is 0. The zero-order chi connectivity index (χ0) is 12.0. The van der Waals surface area contributed by atoms with Crippen LogP contribution in [0.4, 0.5) is 5.82 Å². The summed E-state index contributed by atoms with van der Waals surface area (Å²) in [7, 11) is 0. The van der Waals surface area contributed by atoms with Gasteiger partial charge in [-0.15, -0.1) is 0 Å². The van der Waals surface area contributed by atoms with Crippen molar-refractivity contribution in [1.82, 2.24) is 20.4 Å². The van der Waals surface area contributed by atoms with Crippen LogP contribution >= 0.6 is 0 Å². The van der Waals surface area contributed by atoms with Crippen LogP contribution in [-0.2, 0) is 0 Å². The van der Waals surface area contributed by atoms with Crippen molar-refractivity contribution in [2.75, 3.05) is 31.9 Å². The number of likely N-dealkylation sites (N-methyl/N-ethyl adjacent to an activating group) is 1.